The third-order valence-electron chi connectivity index (χ3n) is 4.45. The van der Waals surface area contributed by atoms with Gasteiger partial charge in [0.2, 0.25) is 11.8 Å². The Morgan fingerprint density at radius 2 is 2.20 bits per heavy atom. The molecule has 0 bridgehead atoms. The zero-order valence-corrected chi connectivity index (χ0v) is 15.3. The van der Waals surface area contributed by atoms with E-state index in [-0.39, 0.29) is 23.9 Å². The lowest BCUT2D eigenvalue weighted by molar-refractivity contribution is -0.132. The van der Waals surface area contributed by atoms with Crippen molar-refractivity contribution in [1.82, 2.24) is 10.2 Å². The van der Waals surface area contributed by atoms with Crippen LogP contribution >= 0.6 is 0 Å². The van der Waals surface area contributed by atoms with Crippen molar-refractivity contribution in [3.05, 3.63) is 29.8 Å². The largest absolute Gasteiger partial charge is 0.360 e. The highest BCUT2D eigenvalue weighted by molar-refractivity contribution is 5.82. The fourth-order valence-electron chi connectivity index (χ4n) is 3.20. The van der Waals surface area contributed by atoms with Gasteiger partial charge in [0, 0.05) is 43.3 Å². The molecule has 0 aliphatic carbocycles. The quantitative estimate of drug-likeness (QED) is 0.834. The molecule has 1 aliphatic rings. The fraction of sp³-hybridized carbons (Fsp3) is 0.500. The van der Waals surface area contributed by atoms with E-state index in [9.17, 15) is 9.59 Å². The van der Waals surface area contributed by atoms with Gasteiger partial charge in [-0.25, -0.2) is 0 Å². The molecule has 1 atom stereocenters. The summed E-state index contributed by atoms with van der Waals surface area (Å²) in [6.07, 6.45) is 7.32. The van der Waals surface area contributed by atoms with Crippen LogP contribution in [0.4, 0.5) is 5.69 Å². The molecule has 0 spiro atoms. The number of nitrogens with one attached hydrogen (secondary N) is 1. The van der Waals surface area contributed by atoms with Crippen molar-refractivity contribution < 1.29 is 9.59 Å². The van der Waals surface area contributed by atoms with E-state index in [1.54, 1.807) is 0 Å². The van der Waals surface area contributed by atoms with Crippen molar-refractivity contribution in [2.45, 2.75) is 45.7 Å². The molecule has 1 aliphatic heterocycles. The van der Waals surface area contributed by atoms with E-state index >= 15 is 0 Å². The number of rotatable bonds is 5. The smallest absolute Gasteiger partial charge is 0.242 e. The van der Waals surface area contributed by atoms with Crippen LogP contribution in [0.5, 0.6) is 0 Å². The lowest BCUT2D eigenvalue weighted by Gasteiger charge is -2.36. The summed E-state index contributed by atoms with van der Waals surface area (Å²) < 4.78 is 0. The average molecular weight is 341 g/mol. The van der Waals surface area contributed by atoms with Gasteiger partial charge < -0.3 is 15.1 Å². The van der Waals surface area contributed by atoms with Gasteiger partial charge in [0.25, 0.3) is 0 Å². The molecule has 2 rings (SSSR count). The number of amides is 2. The minimum absolute atomic E-state index is 0.0470. The number of nitrogens with zero attached hydrogens (tertiary/aromatic N) is 2. The topological polar surface area (TPSA) is 52.7 Å². The van der Waals surface area contributed by atoms with Crippen LogP contribution in [0.25, 0.3) is 0 Å². The minimum Gasteiger partial charge on any atom is -0.360 e. The second kappa shape index (κ2) is 8.57. The highest BCUT2D eigenvalue weighted by Gasteiger charge is 2.26. The van der Waals surface area contributed by atoms with Gasteiger partial charge in [-0.1, -0.05) is 12.0 Å². The van der Waals surface area contributed by atoms with Gasteiger partial charge in [-0.05, 0) is 44.9 Å². The molecule has 0 aromatic heterocycles. The van der Waals surface area contributed by atoms with Crippen molar-refractivity contribution in [3.63, 3.8) is 0 Å². The van der Waals surface area contributed by atoms with Gasteiger partial charge in [-0.15, -0.1) is 6.42 Å². The van der Waals surface area contributed by atoms with Gasteiger partial charge in [0.05, 0.1) is 6.54 Å². The number of hydrogen-bond donors (Lipinski definition) is 1. The predicted molar refractivity (Wildman–Crippen MR) is 100 cm³/mol. The van der Waals surface area contributed by atoms with Crippen LogP contribution < -0.4 is 10.2 Å². The molecule has 0 unspecified atom stereocenters. The number of carbonyl (C=O) groups excluding carboxylic acids is 2. The molecule has 5 heteroatoms. The van der Waals surface area contributed by atoms with Gasteiger partial charge in [-0.2, -0.15) is 0 Å². The van der Waals surface area contributed by atoms with Crippen LogP contribution in [0.15, 0.2) is 24.3 Å². The molecule has 134 valence electrons. The van der Waals surface area contributed by atoms with Crippen LogP contribution in [0.3, 0.4) is 0 Å². The number of benzene rings is 1. The Hall–Kier alpha value is -2.48. The molecule has 25 heavy (non-hydrogen) atoms. The summed E-state index contributed by atoms with van der Waals surface area (Å²) in [5.74, 6) is 2.67. The molecule has 5 nitrogen and oxygen atoms in total. The van der Waals surface area contributed by atoms with Crippen molar-refractivity contribution >= 4 is 17.5 Å². The molecule has 1 N–H and O–H groups in total. The summed E-state index contributed by atoms with van der Waals surface area (Å²) in [6, 6.07) is 7.93. The first kappa shape index (κ1) is 18.9. The summed E-state index contributed by atoms with van der Waals surface area (Å²) in [7, 11) is 0. The van der Waals surface area contributed by atoms with Gasteiger partial charge in [0.1, 0.15) is 0 Å². The normalized spacial score (nSPS) is 17.1. The van der Waals surface area contributed by atoms with E-state index in [1.807, 2.05) is 29.2 Å². The molecule has 2 amide bonds. The van der Waals surface area contributed by atoms with E-state index in [0.717, 1.165) is 30.6 Å². The molecule has 1 aromatic rings. The lowest BCUT2D eigenvalue weighted by Crippen LogP contribution is -2.52. The zero-order valence-electron chi connectivity index (χ0n) is 15.3. The zero-order chi connectivity index (χ0) is 18.4. The summed E-state index contributed by atoms with van der Waals surface area (Å²) >= 11 is 0. The summed E-state index contributed by atoms with van der Waals surface area (Å²) in [5.41, 5.74) is 1.76. The third kappa shape index (κ3) is 5.25. The van der Waals surface area contributed by atoms with Crippen molar-refractivity contribution in [1.29, 1.82) is 0 Å². The minimum atomic E-state index is -0.0470. The first-order chi connectivity index (χ1) is 11.9. The SMILES string of the molecule is C#Cc1cccc(N(CC(=O)N2CCC[C@H](NC(C)=O)C2)C(C)C)c1. The number of carbonyl (C=O) groups is 2. The summed E-state index contributed by atoms with van der Waals surface area (Å²) in [4.78, 5) is 28.0. The van der Waals surface area contributed by atoms with Crippen LogP contribution in [0.1, 0.15) is 39.2 Å². The Morgan fingerprint density at radius 1 is 1.44 bits per heavy atom. The molecular weight excluding hydrogens is 314 g/mol. The molecule has 1 aromatic carbocycles. The number of piperidine rings is 1. The first-order valence-electron chi connectivity index (χ1n) is 8.79. The summed E-state index contributed by atoms with van der Waals surface area (Å²) in [6.45, 7) is 7.26. The Labute approximate surface area is 150 Å². The number of anilines is 1. The number of hydrogen-bond acceptors (Lipinski definition) is 3. The van der Waals surface area contributed by atoms with Gasteiger partial charge >= 0.3 is 0 Å². The fourth-order valence-corrected chi connectivity index (χ4v) is 3.20. The molecule has 1 fully saturated rings. The first-order valence-corrected chi connectivity index (χ1v) is 8.79. The molecule has 0 radical (unpaired) electrons. The molecular formula is C20H27N3O2. The standard InChI is InChI=1S/C20H27N3O2/c1-5-17-8-6-10-19(12-17)23(15(2)3)14-20(25)22-11-7-9-18(13-22)21-16(4)24/h1,6,8,10,12,15,18H,7,9,11,13-14H2,2-4H3,(H,21,24)/t18-/m0/s1. The van der Waals surface area contributed by atoms with Gasteiger partial charge in [0.15, 0.2) is 0 Å². The highest BCUT2D eigenvalue weighted by Crippen LogP contribution is 2.19. The number of terminal acetylenes is 1. The van der Waals surface area contributed by atoms with E-state index in [2.05, 4.69) is 30.0 Å². The van der Waals surface area contributed by atoms with Crippen LogP contribution in [-0.2, 0) is 9.59 Å². The monoisotopic (exact) mass is 341 g/mol. The molecule has 0 saturated carbocycles. The highest BCUT2D eigenvalue weighted by atomic mass is 16.2. The average Bonchev–Trinajstić information content (AvgIpc) is 2.58. The Kier molecular flexibility index (Phi) is 6.46. The Morgan fingerprint density at radius 3 is 2.84 bits per heavy atom. The van der Waals surface area contributed by atoms with E-state index < -0.39 is 0 Å². The maximum absolute atomic E-state index is 12.8. The maximum Gasteiger partial charge on any atom is 0.242 e. The van der Waals surface area contributed by atoms with Crippen LogP contribution in [0, 0.1) is 12.3 Å². The molecule has 1 saturated heterocycles. The van der Waals surface area contributed by atoms with Crippen molar-refractivity contribution in [3.8, 4) is 12.3 Å². The second-order valence-corrected chi connectivity index (χ2v) is 6.80. The molecule has 1 heterocycles. The van der Waals surface area contributed by atoms with Crippen molar-refractivity contribution in [2.24, 2.45) is 0 Å². The van der Waals surface area contributed by atoms with Crippen LogP contribution in [-0.4, -0.2) is 48.4 Å². The Bertz CT molecular complexity index is 663. The van der Waals surface area contributed by atoms with E-state index in [4.69, 9.17) is 6.42 Å². The Balaban J connectivity index is 2.07. The van der Waals surface area contributed by atoms with Gasteiger partial charge in [-0.3, -0.25) is 9.59 Å². The third-order valence-corrected chi connectivity index (χ3v) is 4.45. The van der Waals surface area contributed by atoms with E-state index in [0.29, 0.717) is 13.1 Å². The predicted octanol–water partition coefficient (Wildman–Crippen LogP) is 2.01. The summed E-state index contributed by atoms with van der Waals surface area (Å²) in [5, 5.41) is 2.92. The maximum atomic E-state index is 12.8. The van der Waals surface area contributed by atoms with Crippen LogP contribution in [0.2, 0.25) is 0 Å². The van der Waals surface area contributed by atoms with E-state index in [1.165, 1.54) is 6.92 Å². The lowest BCUT2D eigenvalue weighted by atomic mass is 10.1. The van der Waals surface area contributed by atoms with Crippen molar-refractivity contribution in [2.75, 3.05) is 24.5 Å². The number of likely N-dealkylation sites (tertiary alicyclic amines) is 1. The second-order valence-electron chi connectivity index (χ2n) is 6.80.